The van der Waals surface area contributed by atoms with E-state index in [2.05, 4.69) is 20.6 Å². The average Bonchev–Trinajstić information content (AvgIpc) is 2.60. The van der Waals surface area contributed by atoms with Gasteiger partial charge in [-0.1, -0.05) is 34.8 Å². The number of nitro groups is 1. The van der Waals surface area contributed by atoms with Crippen LogP contribution in [0.1, 0.15) is 0 Å². The molecule has 0 atom stereocenters. The second-order valence-electron chi connectivity index (χ2n) is 5.06. The van der Waals surface area contributed by atoms with Crippen molar-refractivity contribution in [2.75, 3.05) is 10.6 Å². The van der Waals surface area contributed by atoms with Crippen molar-refractivity contribution in [2.24, 2.45) is 0 Å². The van der Waals surface area contributed by atoms with E-state index in [1.807, 2.05) is 0 Å². The zero-order valence-electron chi connectivity index (χ0n) is 12.9. The fourth-order valence-corrected chi connectivity index (χ4v) is 2.54. The lowest BCUT2D eigenvalue weighted by atomic mass is 10.3. The van der Waals surface area contributed by atoms with Gasteiger partial charge in [-0.3, -0.25) is 10.1 Å². The van der Waals surface area contributed by atoms with Crippen molar-refractivity contribution in [3.05, 3.63) is 74.0 Å². The van der Waals surface area contributed by atoms with E-state index in [9.17, 15) is 10.1 Å². The van der Waals surface area contributed by atoms with Crippen molar-refractivity contribution >= 4 is 63.5 Å². The van der Waals surface area contributed by atoms with E-state index in [0.29, 0.717) is 26.4 Å². The molecule has 0 amide bonds. The van der Waals surface area contributed by atoms with Crippen molar-refractivity contribution in [2.45, 2.75) is 0 Å². The van der Waals surface area contributed by atoms with Gasteiger partial charge in [0.1, 0.15) is 6.33 Å². The van der Waals surface area contributed by atoms with Gasteiger partial charge in [0.15, 0.2) is 0 Å². The summed E-state index contributed by atoms with van der Waals surface area (Å²) in [4.78, 5) is 18.9. The van der Waals surface area contributed by atoms with Crippen LogP contribution in [0.3, 0.4) is 0 Å². The second kappa shape index (κ2) is 7.74. The zero-order chi connectivity index (χ0) is 18.7. The van der Waals surface area contributed by atoms with E-state index in [4.69, 9.17) is 34.8 Å². The summed E-state index contributed by atoms with van der Waals surface area (Å²) in [6.45, 7) is 0. The lowest BCUT2D eigenvalue weighted by Crippen LogP contribution is -2.05. The Balaban J connectivity index is 1.96. The highest BCUT2D eigenvalue weighted by Gasteiger charge is 2.23. The van der Waals surface area contributed by atoms with Crippen molar-refractivity contribution in [3.8, 4) is 0 Å². The topological polar surface area (TPSA) is 93.0 Å². The number of aromatic nitrogens is 2. The predicted octanol–water partition coefficient (Wildman–Crippen LogP) is 5.83. The summed E-state index contributed by atoms with van der Waals surface area (Å²) < 4.78 is 0. The van der Waals surface area contributed by atoms with Crippen LogP contribution in [0.15, 0.2) is 48.8 Å². The van der Waals surface area contributed by atoms with Gasteiger partial charge in [-0.05, 0) is 42.5 Å². The first-order chi connectivity index (χ1) is 12.4. The Hall–Kier alpha value is -2.61. The van der Waals surface area contributed by atoms with Crippen LogP contribution in [-0.2, 0) is 0 Å². The number of hydrogen-bond acceptors (Lipinski definition) is 6. The molecule has 26 heavy (non-hydrogen) atoms. The Morgan fingerprint density at radius 3 is 2.00 bits per heavy atom. The molecule has 10 heteroatoms. The van der Waals surface area contributed by atoms with Gasteiger partial charge in [0.2, 0.25) is 11.6 Å². The SMILES string of the molecule is O=[N+]([O-])c1c(Nc2ccc(Cl)cc2)ncnc1Nc1ccc(Cl)c(Cl)c1. The minimum Gasteiger partial charge on any atom is -0.334 e. The molecule has 132 valence electrons. The third-order valence-electron chi connectivity index (χ3n) is 3.29. The molecular weight excluding hydrogens is 401 g/mol. The largest absolute Gasteiger partial charge is 0.353 e. The Morgan fingerprint density at radius 1 is 0.846 bits per heavy atom. The minimum absolute atomic E-state index is 0.0138. The molecule has 1 heterocycles. The molecule has 0 bridgehead atoms. The molecule has 2 aromatic carbocycles. The number of hydrogen-bond donors (Lipinski definition) is 2. The first-order valence-corrected chi connectivity index (χ1v) is 8.31. The summed E-state index contributed by atoms with van der Waals surface area (Å²) >= 11 is 17.7. The molecule has 0 aliphatic rings. The smallest absolute Gasteiger partial charge is 0.334 e. The van der Waals surface area contributed by atoms with Crippen molar-refractivity contribution in [1.29, 1.82) is 0 Å². The zero-order valence-corrected chi connectivity index (χ0v) is 15.2. The van der Waals surface area contributed by atoms with Crippen LogP contribution in [0.5, 0.6) is 0 Å². The van der Waals surface area contributed by atoms with Gasteiger partial charge in [0, 0.05) is 16.4 Å². The predicted molar refractivity (Wildman–Crippen MR) is 103 cm³/mol. The fourth-order valence-electron chi connectivity index (χ4n) is 2.12. The molecule has 0 radical (unpaired) electrons. The van der Waals surface area contributed by atoms with Gasteiger partial charge < -0.3 is 10.6 Å². The summed E-state index contributed by atoms with van der Waals surface area (Å²) in [5.41, 5.74) is 0.781. The molecule has 0 fully saturated rings. The summed E-state index contributed by atoms with van der Waals surface area (Å²) in [5.74, 6) is 0.0507. The van der Waals surface area contributed by atoms with E-state index in [0.717, 1.165) is 0 Å². The van der Waals surface area contributed by atoms with Crippen LogP contribution in [0.2, 0.25) is 15.1 Å². The maximum atomic E-state index is 11.6. The second-order valence-corrected chi connectivity index (χ2v) is 6.31. The Labute approximate surface area is 163 Å². The van der Waals surface area contributed by atoms with E-state index in [-0.39, 0.29) is 17.3 Å². The standard InChI is InChI=1S/C16H10Cl3N5O2/c17-9-1-3-10(4-2-9)22-15-14(24(25)26)16(21-8-20-15)23-11-5-6-12(18)13(19)7-11/h1-8H,(H2,20,21,22,23). The van der Waals surface area contributed by atoms with E-state index >= 15 is 0 Å². The molecule has 0 spiro atoms. The Bertz CT molecular complexity index is 967. The van der Waals surface area contributed by atoms with Crippen molar-refractivity contribution in [1.82, 2.24) is 9.97 Å². The van der Waals surface area contributed by atoms with Crippen molar-refractivity contribution < 1.29 is 4.92 Å². The summed E-state index contributed by atoms with van der Waals surface area (Å²) in [6, 6.07) is 11.4. The van der Waals surface area contributed by atoms with Gasteiger partial charge in [0.25, 0.3) is 0 Å². The highest BCUT2D eigenvalue weighted by Crippen LogP contribution is 2.34. The van der Waals surface area contributed by atoms with E-state index in [1.54, 1.807) is 42.5 Å². The first kappa shape index (κ1) is 18.2. The van der Waals surface area contributed by atoms with Crippen LogP contribution in [-0.4, -0.2) is 14.9 Å². The molecule has 0 saturated carbocycles. The number of benzene rings is 2. The molecule has 3 rings (SSSR count). The molecular formula is C16H10Cl3N5O2. The molecule has 0 aliphatic heterocycles. The van der Waals surface area contributed by atoms with Gasteiger partial charge in [-0.15, -0.1) is 0 Å². The normalized spacial score (nSPS) is 10.4. The number of nitrogens with zero attached hydrogens (tertiary/aromatic N) is 3. The summed E-state index contributed by atoms with van der Waals surface area (Å²) in [7, 11) is 0. The quantitative estimate of drug-likeness (QED) is 0.406. The highest BCUT2D eigenvalue weighted by molar-refractivity contribution is 6.42. The average molecular weight is 411 g/mol. The first-order valence-electron chi connectivity index (χ1n) is 7.18. The van der Waals surface area contributed by atoms with Gasteiger partial charge >= 0.3 is 5.69 Å². The molecule has 0 saturated heterocycles. The summed E-state index contributed by atoms with van der Waals surface area (Å²) in [5, 5.41) is 18.6. The lowest BCUT2D eigenvalue weighted by molar-refractivity contribution is -0.383. The number of nitrogens with one attached hydrogen (secondary N) is 2. The van der Waals surface area contributed by atoms with Crippen LogP contribution < -0.4 is 10.6 Å². The molecule has 0 aliphatic carbocycles. The lowest BCUT2D eigenvalue weighted by Gasteiger charge is -2.10. The van der Waals surface area contributed by atoms with Gasteiger partial charge in [0.05, 0.1) is 15.0 Å². The van der Waals surface area contributed by atoms with Crippen LogP contribution in [0.25, 0.3) is 0 Å². The van der Waals surface area contributed by atoms with Gasteiger partial charge in [-0.25, -0.2) is 9.97 Å². The fraction of sp³-hybridized carbons (Fsp3) is 0. The number of anilines is 4. The monoisotopic (exact) mass is 409 g/mol. The third-order valence-corrected chi connectivity index (χ3v) is 4.29. The van der Waals surface area contributed by atoms with E-state index < -0.39 is 4.92 Å². The van der Waals surface area contributed by atoms with Crippen LogP contribution in [0.4, 0.5) is 28.7 Å². The molecule has 0 unspecified atom stereocenters. The van der Waals surface area contributed by atoms with Gasteiger partial charge in [-0.2, -0.15) is 0 Å². The number of halogens is 3. The van der Waals surface area contributed by atoms with Crippen molar-refractivity contribution in [3.63, 3.8) is 0 Å². The number of rotatable bonds is 5. The molecule has 2 N–H and O–H groups in total. The molecule has 3 aromatic rings. The Morgan fingerprint density at radius 2 is 1.42 bits per heavy atom. The minimum atomic E-state index is -0.571. The van der Waals surface area contributed by atoms with Crippen LogP contribution >= 0.6 is 34.8 Å². The summed E-state index contributed by atoms with van der Waals surface area (Å²) in [6.07, 6.45) is 1.21. The maximum Gasteiger partial charge on any atom is 0.353 e. The molecule has 1 aromatic heterocycles. The highest BCUT2D eigenvalue weighted by atomic mass is 35.5. The Kier molecular flexibility index (Phi) is 5.41. The third kappa shape index (κ3) is 4.13. The van der Waals surface area contributed by atoms with E-state index in [1.165, 1.54) is 6.33 Å². The molecule has 7 nitrogen and oxygen atoms in total. The van der Waals surface area contributed by atoms with Crippen LogP contribution in [0, 0.1) is 10.1 Å². The maximum absolute atomic E-state index is 11.6.